The molecule has 186 valence electrons. The van der Waals surface area contributed by atoms with Gasteiger partial charge in [-0.3, -0.25) is 9.59 Å². The monoisotopic (exact) mass is 487 g/mol. The number of benzene rings is 1. The highest BCUT2D eigenvalue weighted by Gasteiger charge is 2.26. The number of nitrogens with zero attached hydrogens (tertiary/aromatic N) is 2. The van der Waals surface area contributed by atoms with Crippen molar-refractivity contribution in [2.45, 2.75) is 52.9 Å². The van der Waals surface area contributed by atoms with Gasteiger partial charge in [-0.25, -0.2) is 4.98 Å². The van der Waals surface area contributed by atoms with Crippen molar-refractivity contribution in [2.24, 2.45) is 5.92 Å². The van der Waals surface area contributed by atoms with Crippen LogP contribution in [0.5, 0.6) is 5.75 Å². The van der Waals surface area contributed by atoms with Gasteiger partial charge in [0.05, 0.1) is 5.01 Å². The first-order chi connectivity index (χ1) is 16.3. The Bertz CT molecular complexity index is 951. The van der Waals surface area contributed by atoms with Gasteiger partial charge in [0.15, 0.2) is 6.61 Å². The second-order valence-electron chi connectivity index (χ2n) is 9.34. The molecular formula is C26H37N3O4S. The standard InChI is InChI=1S/C26H37N3O4S/c1-18(2)15-32-13-5-10-27-25(31)23-17-34-26(28-23)21-8-11-29(12-9-21)24(30)16-33-22-7-6-19(3)20(4)14-22/h6-7,14,17-18,21H,5,8-13,15-16H2,1-4H3,(H,27,31). The topological polar surface area (TPSA) is 80.8 Å². The van der Waals surface area contributed by atoms with E-state index in [-0.39, 0.29) is 24.3 Å². The van der Waals surface area contributed by atoms with Crippen molar-refractivity contribution in [2.75, 3.05) is 39.5 Å². The molecule has 2 aromatic rings. The quantitative estimate of drug-likeness (QED) is 0.477. The van der Waals surface area contributed by atoms with Crippen LogP contribution in [0.1, 0.15) is 65.7 Å². The average molecular weight is 488 g/mol. The lowest BCUT2D eigenvalue weighted by atomic mass is 9.97. The molecule has 1 saturated heterocycles. The molecule has 3 rings (SSSR count). The Morgan fingerprint density at radius 1 is 1.21 bits per heavy atom. The summed E-state index contributed by atoms with van der Waals surface area (Å²) in [4.78, 5) is 31.4. The first-order valence-corrected chi connectivity index (χ1v) is 13.0. The van der Waals surface area contributed by atoms with Gasteiger partial charge in [-0.15, -0.1) is 11.3 Å². The Morgan fingerprint density at radius 3 is 2.68 bits per heavy atom. The van der Waals surface area contributed by atoms with E-state index in [0.29, 0.717) is 37.9 Å². The van der Waals surface area contributed by atoms with E-state index in [1.54, 1.807) is 0 Å². The van der Waals surface area contributed by atoms with Gasteiger partial charge < -0.3 is 19.7 Å². The number of rotatable bonds is 11. The van der Waals surface area contributed by atoms with E-state index in [1.807, 2.05) is 35.4 Å². The summed E-state index contributed by atoms with van der Waals surface area (Å²) in [5.41, 5.74) is 2.83. The molecule has 1 aliphatic heterocycles. The van der Waals surface area contributed by atoms with Crippen molar-refractivity contribution in [3.8, 4) is 5.75 Å². The number of amides is 2. The number of hydrogen-bond acceptors (Lipinski definition) is 6. The molecule has 1 aromatic heterocycles. The maximum atomic E-state index is 12.6. The summed E-state index contributed by atoms with van der Waals surface area (Å²) in [6.45, 7) is 11.7. The Morgan fingerprint density at radius 2 is 1.97 bits per heavy atom. The molecule has 0 bridgehead atoms. The summed E-state index contributed by atoms with van der Waals surface area (Å²) in [5.74, 6) is 1.39. The number of nitrogens with one attached hydrogen (secondary N) is 1. The fourth-order valence-electron chi connectivity index (χ4n) is 3.78. The van der Waals surface area contributed by atoms with Crippen LogP contribution in [0, 0.1) is 19.8 Å². The van der Waals surface area contributed by atoms with Crippen LogP contribution in [0.3, 0.4) is 0 Å². The summed E-state index contributed by atoms with van der Waals surface area (Å²) < 4.78 is 11.2. The van der Waals surface area contributed by atoms with Crippen molar-refractivity contribution >= 4 is 23.2 Å². The SMILES string of the molecule is Cc1ccc(OCC(=O)N2CCC(c3nc(C(=O)NCCCOCC(C)C)cs3)CC2)cc1C. The lowest BCUT2D eigenvalue weighted by molar-refractivity contribution is -0.134. The predicted octanol–water partition coefficient (Wildman–Crippen LogP) is 4.34. The maximum Gasteiger partial charge on any atom is 0.270 e. The fraction of sp³-hybridized carbons (Fsp3) is 0.577. The summed E-state index contributed by atoms with van der Waals surface area (Å²) >= 11 is 1.53. The number of aromatic nitrogens is 1. The van der Waals surface area contributed by atoms with Gasteiger partial charge in [0.25, 0.3) is 11.8 Å². The molecule has 34 heavy (non-hydrogen) atoms. The molecule has 2 heterocycles. The van der Waals surface area contributed by atoms with Crippen molar-refractivity contribution in [3.63, 3.8) is 0 Å². The molecule has 0 saturated carbocycles. The third-order valence-corrected chi connectivity index (χ3v) is 7.00. The first kappa shape index (κ1) is 26.2. The maximum absolute atomic E-state index is 12.6. The molecule has 8 heteroatoms. The smallest absolute Gasteiger partial charge is 0.270 e. The molecule has 0 radical (unpaired) electrons. The zero-order chi connectivity index (χ0) is 24.5. The van der Waals surface area contributed by atoms with E-state index in [2.05, 4.69) is 31.1 Å². The molecule has 1 N–H and O–H groups in total. The largest absolute Gasteiger partial charge is 0.484 e. The third kappa shape index (κ3) is 7.81. The molecule has 0 unspecified atom stereocenters. The van der Waals surface area contributed by atoms with Gasteiger partial charge in [-0.2, -0.15) is 0 Å². The molecule has 0 atom stereocenters. The highest BCUT2D eigenvalue weighted by Crippen LogP contribution is 2.30. The molecule has 0 spiro atoms. The van der Waals surface area contributed by atoms with Crippen molar-refractivity contribution in [1.82, 2.24) is 15.2 Å². The number of thiazole rings is 1. The van der Waals surface area contributed by atoms with Gasteiger partial charge >= 0.3 is 0 Å². The van der Waals surface area contributed by atoms with E-state index < -0.39 is 0 Å². The second-order valence-corrected chi connectivity index (χ2v) is 10.2. The van der Waals surface area contributed by atoms with E-state index >= 15 is 0 Å². The second kappa shape index (κ2) is 12.9. The zero-order valence-electron chi connectivity index (χ0n) is 20.8. The van der Waals surface area contributed by atoms with Gasteiger partial charge in [0, 0.05) is 44.1 Å². The molecule has 1 fully saturated rings. The van der Waals surface area contributed by atoms with E-state index in [9.17, 15) is 9.59 Å². The number of carbonyl (C=O) groups excluding carboxylic acids is 2. The Hall–Kier alpha value is -2.45. The average Bonchev–Trinajstić information content (AvgIpc) is 3.32. The van der Waals surface area contributed by atoms with Crippen molar-refractivity contribution in [3.05, 3.63) is 45.4 Å². The minimum Gasteiger partial charge on any atom is -0.484 e. The van der Waals surface area contributed by atoms with E-state index in [4.69, 9.17) is 9.47 Å². The van der Waals surface area contributed by atoms with Crippen LogP contribution >= 0.6 is 11.3 Å². The zero-order valence-corrected chi connectivity index (χ0v) is 21.6. The van der Waals surface area contributed by atoms with Crippen molar-refractivity contribution < 1.29 is 19.1 Å². The van der Waals surface area contributed by atoms with Crippen LogP contribution in [-0.2, 0) is 9.53 Å². The van der Waals surface area contributed by atoms with Crippen LogP contribution in [0.25, 0.3) is 0 Å². The van der Waals surface area contributed by atoms with Crippen LogP contribution in [0.15, 0.2) is 23.6 Å². The van der Waals surface area contributed by atoms with Crippen LogP contribution in [0.4, 0.5) is 0 Å². The number of carbonyl (C=O) groups is 2. The molecule has 1 aromatic carbocycles. The lowest BCUT2D eigenvalue weighted by Crippen LogP contribution is -2.40. The highest BCUT2D eigenvalue weighted by atomic mass is 32.1. The lowest BCUT2D eigenvalue weighted by Gasteiger charge is -2.31. The number of piperidine rings is 1. The fourth-order valence-corrected chi connectivity index (χ4v) is 4.75. The van der Waals surface area contributed by atoms with Crippen LogP contribution < -0.4 is 10.1 Å². The van der Waals surface area contributed by atoms with Crippen molar-refractivity contribution in [1.29, 1.82) is 0 Å². The van der Waals surface area contributed by atoms with Gasteiger partial charge in [-0.1, -0.05) is 19.9 Å². The Labute approximate surface area is 206 Å². The number of likely N-dealkylation sites (tertiary alicyclic amines) is 1. The van der Waals surface area contributed by atoms with Crippen LogP contribution in [0.2, 0.25) is 0 Å². The minimum atomic E-state index is -0.137. The van der Waals surface area contributed by atoms with Crippen LogP contribution in [-0.4, -0.2) is 61.2 Å². The first-order valence-electron chi connectivity index (χ1n) is 12.1. The number of aryl methyl sites for hydroxylation is 2. The summed E-state index contributed by atoms with van der Waals surface area (Å²) in [5, 5.41) is 5.72. The van der Waals surface area contributed by atoms with E-state index in [0.717, 1.165) is 42.2 Å². The highest BCUT2D eigenvalue weighted by molar-refractivity contribution is 7.09. The molecule has 2 amide bonds. The number of hydrogen-bond donors (Lipinski definition) is 1. The van der Waals surface area contributed by atoms with Gasteiger partial charge in [0.1, 0.15) is 11.4 Å². The van der Waals surface area contributed by atoms with Gasteiger partial charge in [0.2, 0.25) is 0 Å². The predicted molar refractivity (Wildman–Crippen MR) is 135 cm³/mol. The molecule has 0 aliphatic carbocycles. The normalized spacial score (nSPS) is 14.4. The van der Waals surface area contributed by atoms with E-state index in [1.165, 1.54) is 16.9 Å². The Balaban J connectivity index is 1.38. The van der Waals surface area contributed by atoms with Gasteiger partial charge in [-0.05, 0) is 62.3 Å². The molecule has 1 aliphatic rings. The Kier molecular flexibility index (Phi) is 9.89. The summed E-state index contributed by atoms with van der Waals surface area (Å²) in [6, 6.07) is 5.87. The summed E-state index contributed by atoms with van der Waals surface area (Å²) in [7, 11) is 0. The summed E-state index contributed by atoms with van der Waals surface area (Å²) in [6.07, 6.45) is 2.48. The molecular weight excluding hydrogens is 450 g/mol. The third-order valence-electron chi connectivity index (χ3n) is 5.99. The molecule has 7 nitrogen and oxygen atoms in total. The minimum absolute atomic E-state index is 0.00765. The number of ether oxygens (including phenoxy) is 2.